The SMILES string of the molecule is CNC(=O)[C@@H]1C[C@@H]2C[C@H](C(=O)Nc3cc(-c4cc(C#N)n5c4CC(C)(C)C5)c(C)cn3)C[C@@H]2C1. The molecule has 2 aromatic heterocycles. The van der Waals surface area contributed by atoms with Crippen molar-refractivity contribution in [3.8, 4) is 17.2 Å². The van der Waals surface area contributed by atoms with Crippen molar-refractivity contribution in [2.45, 2.75) is 59.4 Å². The first-order chi connectivity index (χ1) is 16.2. The zero-order valence-corrected chi connectivity index (χ0v) is 20.4. The number of nitrogens with one attached hydrogen (secondary N) is 2. The molecule has 3 heterocycles. The van der Waals surface area contributed by atoms with Crippen LogP contribution in [0.25, 0.3) is 11.1 Å². The average molecular weight is 460 g/mol. The van der Waals surface area contributed by atoms with Crippen LogP contribution in [0.4, 0.5) is 5.82 Å². The van der Waals surface area contributed by atoms with Gasteiger partial charge < -0.3 is 15.2 Å². The lowest BCUT2D eigenvalue weighted by Crippen LogP contribution is -2.27. The molecule has 2 N–H and O–H groups in total. The molecule has 3 aliphatic rings. The summed E-state index contributed by atoms with van der Waals surface area (Å²) < 4.78 is 2.14. The van der Waals surface area contributed by atoms with Crippen LogP contribution in [-0.2, 0) is 22.6 Å². The molecule has 7 heteroatoms. The van der Waals surface area contributed by atoms with Crippen molar-refractivity contribution >= 4 is 17.6 Å². The van der Waals surface area contributed by atoms with E-state index < -0.39 is 0 Å². The Kier molecular flexibility index (Phi) is 5.50. The topological polar surface area (TPSA) is 99.8 Å². The summed E-state index contributed by atoms with van der Waals surface area (Å²) in [5, 5.41) is 15.5. The normalized spacial score (nSPS) is 26.6. The number of carbonyl (C=O) groups excluding carboxylic acids is 2. The molecule has 2 amide bonds. The van der Waals surface area contributed by atoms with Crippen LogP contribution in [0.2, 0.25) is 0 Å². The number of hydrogen-bond acceptors (Lipinski definition) is 4. The van der Waals surface area contributed by atoms with Crippen molar-refractivity contribution in [3.63, 3.8) is 0 Å². The molecule has 5 rings (SSSR count). The molecule has 34 heavy (non-hydrogen) atoms. The van der Waals surface area contributed by atoms with E-state index in [0.717, 1.165) is 55.3 Å². The van der Waals surface area contributed by atoms with Crippen LogP contribution >= 0.6 is 0 Å². The van der Waals surface area contributed by atoms with Crippen molar-refractivity contribution in [1.29, 1.82) is 5.26 Å². The Labute approximate surface area is 200 Å². The Morgan fingerprint density at radius 2 is 1.74 bits per heavy atom. The second-order valence-corrected chi connectivity index (χ2v) is 11.3. The lowest BCUT2D eigenvalue weighted by molar-refractivity contribution is -0.124. The molecule has 2 aliphatic carbocycles. The minimum absolute atomic E-state index is 0.0224. The number of fused-ring (bicyclic) bond motifs is 2. The lowest BCUT2D eigenvalue weighted by atomic mass is 9.89. The maximum Gasteiger partial charge on any atom is 0.228 e. The fraction of sp³-hybridized carbons (Fsp3) is 0.556. The number of anilines is 1. The van der Waals surface area contributed by atoms with Gasteiger partial charge in [-0.2, -0.15) is 5.26 Å². The summed E-state index contributed by atoms with van der Waals surface area (Å²) in [5.74, 6) is 1.69. The third kappa shape index (κ3) is 3.89. The average Bonchev–Trinajstić information content (AvgIpc) is 3.52. The van der Waals surface area contributed by atoms with Gasteiger partial charge in [0.25, 0.3) is 0 Å². The van der Waals surface area contributed by atoms with Gasteiger partial charge in [0.1, 0.15) is 17.6 Å². The fourth-order valence-corrected chi connectivity index (χ4v) is 6.58. The zero-order valence-electron chi connectivity index (χ0n) is 20.4. The molecule has 2 saturated carbocycles. The van der Waals surface area contributed by atoms with Crippen molar-refractivity contribution in [3.05, 3.63) is 35.3 Å². The van der Waals surface area contributed by atoms with Crippen LogP contribution in [0.3, 0.4) is 0 Å². The van der Waals surface area contributed by atoms with Gasteiger partial charge >= 0.3 is 0 Å². The van der Waals surface area contributed by atoms with Gasteiger partial charge in [0.2, 0.25) is 11.8 Å². The smallest absolute Gasteiger partial charge is 0.228 e. The summed E-state index contributed by atoms with van der Waals surface area (Å²) in [6.07, 6.45) is 6.18. The summed E-state index contributed by atoms with van der Waals surface area (Å²) in [5.41, 5.74) is 5.09. The second kappa shape index (κ2) is 8.26. The van der Waals surface area contributed by atoms with E-state index in [9.17, 15) is 14.9 Å². The first-order valence-electron chi connectivity index (χ1n) is 12.3. The minimum atomic E-state index is -0.0306. The standard InChI is InChI=1S/C27H33N5O2/c1-15-13-30-24(10-21(15)22-9-20(12-28)32-14-27(2,3)11-23(22)32)31-26(34)19-7-16-5-18(25(33)29-4)6-17(16)8-19/h9-10,13,16-19H,5-8,11,14H2,1-4H3,(H,29,33)(H,30,31,34)/t16-,17+,18-,19+. The number of rotatable bonds is 4. The maximum atomic E-state index is 13.1. The Morgan fingerprint density at radius 3 is 2.35 bits per heavy atom. The Morgan fingerprint density at radius 1 is 1.09 bits per heavy atom. The van der Waals surface area contributed by atoms with E-state index in [4.69, 9.17) is 0 Å². The quantitative estimate of drug-likeness (QED) is 0.720. The number of nitriles is 1. The minimum Gasteiger partial charge on any atom is -0.359 e. The number of nitrogens with zero attached hydrogens (tertiary/aromatic N) is 3. The lowest BCUT2D eigenvalue weighted by Gasteiger charge is -2.16. The first-order valence-corrected chi connectivity index (χ1v) is 12.3. The van der Waals surface area contributed by atoms with Crippen molar-refractivity contribution in [2.75, 3.05) is 12.4 Å². The Bertz CT molecular complexity index is 1190. The summed E-state index contributed by atoms with van der Waals surface area (Å²) in [7, 11) is 1.69. The number of pyridine rings is 1. The Hall–Kier alpha value is -3.14. The van der Waals surface area contributed by atoms with E-state index in [1.807, 2.05) is 19.1 Å². The number of hydrogen-bond donors (Lipinski definition) is 2. The highest BCUT2D eigenvalue weighted by atomic mass is 16.2. The molecular formula is C27H33N5O2. The van der Waals surface area contributed by atoms with Gasteiger partial charge in [0.15, 0.2) is 0 Å². The molecular weight excluding hydrogens is 426 g/mol. The van der Waals surface area contributed by atoms with E-state index in [1.165, 1.54) is 5.69 Å². The molecule has 0 unspecified atom stereocenters. The van der Waals surface area contributed by atoms with E-state index >= 15 is 0 Å². The van der Waals surface area contributed by atoms with Gasteiger partial charge in [-0.05, 0) is 79.5 Å². The van der Waals surface area contributed by atoms with Crippen LogP contribution in [0.15, 0.2) is 18.3 Å². The van der Waals surface area contributed by atoms with Crippen molar-refractivity contribution in [2.24, 2.45) is 29.1 Å². The molecule has 0 spiro atoms. The van der Waals surface area contributed by atoms with E-state index in [2.05, 4.69) is 40.1 Å². The highest BCUT2D eigenvalue weighted by molar-refractivity contribution is 5.93. The summed E-state index contributed by atoms with van der Waals surface area (Å²) >= 11 is 0. The van der Waals surface area contributed by atoms with Crippen molar-refractivity contribution < 1.29 is 9.59 Å². The predicted octanol–water partition coefficient (Wildman–Crippen LogP) is 4.05. The third-order valence-electron chi connectivity index (χ3n) is 8.20. The predicted molar refractivity (Wildman–Crippen MR) is 130 cm³/mol. The molecule has 4 atom stereocenters. The molecule has 2 aromatic rings. The summed E-state index contributed by atoms with van der Waals surface area (Å²) in [4.78, 5) is 29.6. The van der Waals surface area contributed by atoms with Crippen molar-refractivity contribution in [1.82, 2.24) is 14.9 Å². The number of amides is 2. The molecule has 0 bridgehead atoms. The monoisotopic (exact) mass is 459 g/mol. The summed E-state index contributed by atoms with van der Waals surface area (Å²) in [6, 6.07) is 6.27. The molecule has 1 aliphatic heterocycles. The fourth-order valence-electron chi connectivity index (χ4n) is 6.58. The molecule has 178 valence electrons. The number of aryl methyl sites for hydroxylation is 1. The molecule has 2 fully saturated rings. The number of carbonyl (C=O) groups is 2. The van der Waals surface area contributed by atoms with E-state index in [-0.39, 0.29) is 29.1 Å². The zero-order chi connectivity index (χ0) is 24.2. The highest BCUT2D eigenvalue weighted by Gasteiger charge is 2.45. The van der Waals surface area contributed by atoms with Gasteiger partial charge in [-0.1, -0.05) is 13.8 Å². The first kappa shape index (κ1) is 22.6. The highest BCUT2D eigenvalue weighted by Crippen LogP contribution is 2.49. The molecule has 0 aromatic carbocycles. The van der Waals surface area contributed by atoms with Crippen LogP contribution in [0.1, 0.15) is 56.5 Å². The largest absolute Gasteiger partial charge is 0.359 e. The Balaban J connectivity index is 1.32. The van der Waals surface area contributed by atoms with Crippen LogP contribution < -0.4 is 10.6 Å². The van der Waals surface area contributed by atoms with Crippen LogP contribution in [-0.4, -0.2) is 28.4 Å². The van der Waals surface area contributed by atoms with Crippen LogP contribution in [0, 0.1) is 47.3 Å². The van der Waals surface area contributed by atoms with E-state index in [1.54, 1.807) is 13.2 Å². The van der Waals surface area contributed by atoms with Gasteiger partial charge in [-0.25, -0.2) is 4.98 Å². The molecule has 0 saturated heterocycles. The van der Waals surface area contributed by atoms with Crippen LogP contribution in [0.5, 0.6) is 0 Å². The summed E-state index contributed by atoms with van der Waals surface area (Å²) in [6.45, 7) is 7.31. The van der Waals surface area contributed by atoms with Gasteiger partial charge in [-0.15, -0.1) is 0 Å². The molecule has 7 nitrogen and oxygen atoms in total. The van der Waals surface area contributed by atoms with Gasteiger partial charge in [0.05, 0.1) is 0 Å². The van der Waals surface area contributed by atoms with Gasteiger partial charge in [-0.3, -0.25) is 9.59 Å². The molecule has 0 radical (unpaired) electrons. The van der Waals surface area contributed by atoms with E-state index in [0.29, 0.717) is 23.3 Å². The van der Waals surface area contributed by atoms with Gasteiger partial charge in [0, 0.05) is 42.9 Å². The maximum absolute atomic E-state index is 13.1. The number of aromatic nitrogens is 2. The second-order valence-electron chi connectivity index (χ2n) is 11.3. The third-order valence-corrected chi connectivity index (χ3v) is 8.20.